The summed E-state index contributed by atoms with van der Waals surface area (Å²) < 4.78 is 7.47. The predicted octanol–water partition coefficient (Wildman–Crippen LogP) is 7.32. The van der Waals surface area contributed by atoms with Gasteiger partial charge in [-0.05, 0) is 74.5 Å². The van der Waals surface area contributed by atoms with E-state index in [1.54, 1.807) is 30.5 Å². The maximum Gasteiger partial charge on any atom is 0.302 e. The number of para-hydroxylation sites is 1. The van der Waals surface area contributed by atoms with Gasteiger partial charge >= 0.3 is 5.91 Å². The second-order valence-corrected chi connectivity index (χ2v) is 11.5. The number of azo groups is 1. The van der Waals surface area contributed by atoms with E-state index in [1.807, 2.05) is 77.4 Å². The van der Waals surface area contributed by atoms with Crippen LogP contribution in [-0.4, -0.2) is 55.9 Å². The first-order chi connectivity index (χ1) is 23.0. The first-order valence-corrected chi connectivity index (χ1v) is 15.6. The number of ketones is 1. The molecule has 1 fully saturated rings. The van der Waals surface area contributed by atoms with Gasteiger partial charge in [0.05, 0.1) is 17.9 Å². The van der Waals surface area contributed by atoms with Crippen molar-refractivity contribution in [3.05, 3.63) is 114 Å². The van der Waals surface area contributed by atoms with Gasteiger partial charge in [-0.25, -0.2) is 9.97 Å². The Bertz CT molecular complexity index is 2100. The number of benzene rings is 3. The van der Waals surface area contributed by atoms with E-state index in [0.29, 0.717) is 40.3 Å². The monoisotopic (exact) mass is 624 g/mol. The average molecular weight is 625 g/mol. The number of carbonyl (C=O) groups is 2. The Kier molecular flexibility index (Phi) is 8.48. The van der Waals surface area contributed by atoms with Crippen molar-refractivity contribution >= 4 is 39.3 Å². The van der Waals surface area contributed by atoms with Crippen molar-refractivity contribution in [3.63, 3.8) is 0 Å². The van der Waals surface area contributed by atoms with Gasteiger partial charge in [-0.15, -0.1) is 10.2 Å². The van der Waals surface area contributed by atoms with E-state index < -0.39 is 5.91 Å². The Morgan fingerprint density at radius 2 is 1.64 bits per heavy atom. The Morgan fingerprint density at radius 1 is 0.872 bits per heavy atom. The van der Waals surface area contributed by atoms with Gasteiger partial charge in [0.15, 0.2) is 23.7 Å². The lowest BCUT2D eigenvalue weighted by Crippen LogP contribution is -2.31. The number of aromatic hydroxyl groups is 1. The zero-order valence-corrected chi connectivity index (χ0v) is 25.6. The van der Waals surface area contributed by atoms with Gasteiger partial charge in [0.25, 0.3) is 0 Å². The number of nitrogens with zero attached hydrogens (tertiary/aromatic N) is 6. The summed E-state index contributed by atoms with van der Waals surface area (Å²) in [4.78, 5) is 37.7. The van der Waals surface area contributed by atoms with Gasteiger partial charge in [-0.2, -0.15) is 0 Å². The fourth-order valence-corrected chi connectivity index (χ4v) is 5.95. The minimum atomic E-state index is -0.610. The zero-order chi connectivity index (χ0) is 32.2. The van der Waals surface area contributed by atoms with Gasteiger partial charge in [0, 0.05) is 33.7 Å². The molecule has 3 aromatic carbocycles. The van der Waals surface area contributed by atoms with Crippen LogP contribution in [0.3, 0.4) is 0 Å². The number of carbonyl (C=O) groups excluding carboxylic acids is 2. The van der Waals surface area contributed by atoms with Gasteiger partial charge in [-0.3, -0.25) is 19.1 Å². The van der Waals surface area contributed by atoms with Crippen LogP contribution in [0.1, 0.15) is 35.2 Å². The summed E-state index contributed by atoms with van der Waals surface area (Å²) in [6, 6.07) is 29.2. The number of aromatic nitrogens is 3. The third-order valence-electron chi connectivity index (χ3n) is 8.33. The fraction of sp³-hybridized carbons (Fsp3) is 0.189. The van der Waals surface area contributed by atoms with Crippen molar-refractivity contribution in [1.29, 1.82) is 0 Å². The van der Waals surface area contributed by atoms with Crippen molar-refractivity contribution in [3.8, 4) is 22.9 Å². The SMILES string of the molecule is O=C(COc1ccc(C(=O)c2cc3cccnc3nc2-c2ccccc2)cc1)N=Nc1c(O)n(CN2CCCCC2)c2ccccc12. The molecule has 6 aromatic rings. The molecule has 1 aliphatic heterocycles. The van der Waals surface area contributed by atoms with E-state index in [1.165, 1.54) is 6.42 Å². The van der Waals surface area contributed by atoms with E-state index >= 15 is 0 Å². The molecule has 10 heteroatoms. The molecule has 47 heavy (non-hydrogen) atoms. The minimum Gasteiger partial charge on any atom is -0.493 e. The van der Waals surface area contributed by atoms with E-state index in [-0.39, 0.29) is 24.0 Å². The molecule has 3 aromatic heterocycles. The van der Waals surface area contributed by atoms with Gasteiger partial charge in [0.2, 0.25) is 5.88 Å². The summed E-state index contributed by atoms with van der Waals surface area (Å²) in [5.41, 5.74) is 3.92. The van der Waals surface area contributed by atoms with E-state index in [4.69, 9.17) is 9.72 Å². The van der Waals surface area contributed by atoms with Crippen LogP contribution in [0.5, 0.6) is 11.6 Å². The maximum absolute atomic E-state index is 13.7. The molecule has 4 heterocycles. The van der Waals surface area contributed by atoms with Crippen molar-refractivity contribution < 1.29 is 19.4 Å². The Hall–Kier alpha value is -5.74. The van der Waals surface area contributed by atoms with Crippen LogP contribution in [0.25, 0.3) is 33.2 Å². The van der Waals surface area contributed by atoms with E-state index in [0.717, 1.165) is 42.4 Å². The number of rotatable bonds is 9. The van der Waals surface area contributed by atoms with Crippen LogP contribution in [-0.2, 0) is 11.5 Å². The Morgan fingerprint density at radius 3 is 2.45 bits per heavy atom. The number of piperidine rings is 1. The number of hydrogen-bond donors (Lipinski definition) is 1. The third kappa shape index (κ3) is 6.36. The molecule has 0 saturated carbocycles. The van der Waals surface area contributed by atoms with Crippen molar-refractivity contribution in [2.75, 3.05) is 19.7 Å². The first kappa shape index (κ1) is 29.9. The largest absolute Gasteiger partial charge is 0.493 e. The number of ether oxygens (including phenoxy) is 1. The minimum absolute atomic E-state index is 0.0252. The lowest BCUT2D eigenvalue weighted by molar-refractivity contribution is -0.120. The molecule has 234 valence electrons. The standard InChI is InChI=1S/C37H32N6O4/c44-32(40-41-34-29-13-5-6-14-31(29)43(37(34)46)24-42-20-7-2-8-21-42)23-47-28-17-15-26(16-18-28)35(45)30-22-27-12-9-19-38-36(27)39-33(30)25-10-3-1-4-11-25/h1,3-6,9-19,22,46H,2,7-8,20-21,23-24H2. The zero-order valence-electron chi connectivity index (χ0n) is 25.6. The summed E-state index contributed by atoms with van der Waals surface area (Å²) in [7, 11) is 0. The van der Waals surface area contributed by atoms with Gasteiger partial charge < -0.3 is 9.84 Å². The summed E-state index contributed by atoms with van der Waals surface area (Å²) in [5.74, 6) is -0.434. The number of fused-ring (bicyclic) bond motifs is 2. The first-order valence-electron chi connectivity index (χ1n) is 15.6. The lowest BCUT2D eigenvalue weighted by atomic mass is 9.97. The second kappa shape index (κ2) is 13.3. The smallest absolute Gasteiger partial charge is 0.302 e. The molecule has 0 unspecified atom stereocenters. The molecule has 0 spiro atoms. The summed E-state index contributed by atoms with van der Waals surface area (Å²) in [5, 5.41) is 20.5. The van der Waals surface area contributed by atoms with Crippen LogP contribution in [0.15, 0.2) is 113 Å². The molecule has 1 amide bonds. The molecule has 7 rings (SSSR count). The predicted molar refractivity (Wildman–Crippen MR) is 179 cm³/mol. The van der Waals surface area contributed by atoms with Crippen LogP contribution in [0, 0.1) is 0 Å². The summed E-state index contributed by atoms with van der Waals surface area (Å²) in [6.45, 7) is 2.13. The van der Waals surface area contributed by atoms with Crippen molar-refractivity contribution in [1.82, 2.24) is 19.4 Å². The summed E-state index contributed by atoms with van der Waals surface area (Å²) in [6.07, 6.45) is 5.16. The second-order valence-electron chi connectivity index (χ2n) is 11.5. The highest BCUT2D eigenvalue weighted by atomic mass is 16.5. The molecular formula is C37H32N6O4. The molecule has 0 radical (unpaired) electrons. The van der Waals surface area contributed by atoms with Crippen LogP contribution >= 0.6 is 0 Å². The van der Waals surface area contributed by atoms with Crippen LogP contribution < -0.4 is 4.74 Å². The molecule has 1 aliphatic rings. The van der Waals surface area contributed by atoms with Gasteiger partial charge in [-0.1, -0.05) is 55.0 Å². The molecule has 1 N–H and O–H groups in total. The van der Waals surface area contributed by atoms with Crippen molar-refractivity contribution in [2.45, 2.75) is 25.9 Å². The van der Waals surface area contributed by atoms with E-state index in [9.17, 15) is 14.7 Å². The Labute approximate surface area is 271 Å². The molecule has 10 nitrogen and oxygen atoms in total. The molecule has 1 saturated heterocycles. The molecule has 0 atom stereocenters. The molecular weight excluding hydrogens is 592 g/mol. The Balaban J connectivity index is 1.05. The highest BCUT2D eigenvalue weighted by Gasteiger charge is 2.21. The van der Waals surface area contributed by atoms with E-state index in [2.05, 4.69) is 20.1 Å². The number of amides is 1. The fourth-order valence-electron chi connectivity index (χ4n) is 5.95. The number of hydrogen-bond acceptors (Lipinski definition) is 8. The topological polar surface area (TPSA) is 122 Å². The molecule has 0 aliphatic carbocycles. The highest BCUT2D eigenvalue weighted by molar-refractivity contribution is 6.13. The number of pyridine rings is 2. The quantitative estimate of drug-likeness (QED) is 0.132. The lowest BCUT2D eigenvalue weighted by Gasteiger charge is -2.27. The van der Waals surface area contributed by atoms with Crippen molar-refractivity contribution in [2.24, 2.45) is 10.2 Å². The molecule has 0 bridgehead atoms. The highest BCUT2D eigenvalue weighted by Crippen LogP contribution is 2.39. The summed E-state index contributed by atoms with van der Waals surface area (Å²) >= 11 is 0. The third-order valence-corrected chi connectivity index (χ3v) is 8.33. The number of likely N-dealkylation sites (tertiary alicyclic amines) is 1. The van der Waals surface area contributed by atoms with Gasteiger partial charge in [0.1, 0.15) is 5.75 Å². The normalized spacial score (nSPS) is 13.8. The van der Waals surface area contributed by atoms with Crippen LogP contribution in [0.4, 0.5) is 5.69 Å². The van der Waals surface area contributed by atoms with Crippen LogP contribution in [0.2, 0.25) is 0 Å². The average Bonchev–Trinajstić information content (AvgIpc) is 3.39. The maximum atomic E-state index is 13.7.